The number of carbonyl (C=O) groups excluding carboxylic acids is 1. The lowest BCUT2D eigenvalue weighted by Crippen LogP contribution is -2.24. The number of rotatable bonds is 6. The topological polar surface area (TPSA) is 64.4 Å². The van der Waals surface area contributed by atoms with Crippen molar-refractivity contribution in [1.82, 2.24) is 5.32 Å². The van der Waals surface area contributed by atoms with Crippen LogP contribution in [0.2, 0.25) is 0 Å². The highest BCUT2D eigenvalue weighted by Crippen LogP contribution is 2.14. The average Bonchev–Trinajstić information content (AvgIpc) is 2.55. The van der Waals surface area contributed by atoms with Crippen molar-refractivity contribution in [3.63, 3.8) is 0 Å². The van der Waals surface area contributed by atoms with Gasteiger partial charge in [-0.15, -0.1) is 0 Å². The van der Waals surface area contributed by atoms with Gasteiger partial charge in [-0.3, -0.25) is 4.79 Å². The second-order valence-corrected chi connectivity index (χ2v) is 3.48. The number of nitrogens with one attached hydrogen (secondary N) is 1. The zero-order chi connectivity index (χ0) is 9.52. The maximum Gasteiger partial charge on any atom is 0.218 e. The predicted octanol–water partition coefficient (Wildman–Crippen LogP) is -0.122. The van der Waals surface area contributed by atoms with Crippen LogP contribution in [0, 0.1) is 5.92 Å². The Bertz CT molecular complexity index is 156. The number of nitrogens with two attached hydrogens (primary N) is 1. The molecule has 0 saturated carbocycles. The van der Waals surface area contributed by atoms with E-state index in [-0.39, 0.29) is 5.91 Å². The van der Waals surface area contributed by atoms with Crippen LogP contribution < -0.4 is 11.1 Å². The molecule has 1 aliphatic rings. The molecule has 4 heteroatoms. The molecule has 1 rings (SSSR count). The molecule has 3 N–H and O–H groups in total. The molecule has 1 aliphatic heterocycles. The Morgan fingerprint density at radius 1 is 1.54 bits per heavy atom. The number of primary amides is 1. The summed E-state index contributed by atoms with van der Waals surface area (Å²) in [5.41, 5.74) is 5.00. The summed E-state index contributed by atoms with van der Waals surface area (Å²) in [7, 11) is 0. The van der Waals surface area contributed by atoms with Crippen LogP contribution in [-0.4, -0.2) is 32.2 Å². The van der Waals surface area contributed by atoms with Crippen LogP contribution in [0.4, 0.5) is 0 Å². The number of amides is 1. The average molecular weight is 186 g/mol. The Labute approximate surface area is 78.8 Å². The van der Waals surface area contributed by atoms with Crippen LogP contribution in [0.15, 0.2) is 0 Å². The zero-order valence-electron chi connectivity index (χ0n) is 7.92. The van der Waals surface area contributed by atoms with E-state index in [1.54, 1.807) is 0 Å². The summed E-state index contributed by atoms with van der Waals surface area (Å²) >= 11 is 0. The lowest BCUT2D eigenvalue weighted by atomic mass is 10.1. The van der Waals surface area contributed by atoms with E-state index in [9.17, 15) is 4.79 Å². The molecule has 0 spiro atoms. The normalized spacial score (nSPS) is 22.0. The van der Waals surface area contributed by atoms with E-state index in [1.807, 2.05) is 0 Å². The van der Waals surface area contributed by atoms with Gasteiger partial charge in [-0.05, 0) is 25.3 Å². The van der Waals surface area contributed by atoms with Crippen molar-refractivity contribution in [3.05, 3.63) is 0 Å². The van der Waals surface area contributed by atoms with Gasteiger partial charge in [0.2, 0.25) is 5.91 Å². The molecule has 1 fully saturated rings. The fourth-order valence-corrected chi connectivity index (χ4v) is 1.45. The van der Waals surface area contributed by atoms with Crippen LogP contribution in [-0.2, 0) is 9.53 Å². The van der Waals surface area contributed by atoms with Gasteiger partial charge < -0.3 is 15.8 Å². The highest BCUT2D eigenvalue weighted by atomic mass is 16.5. The molecule has 1 amide bonds. The molecule has 4 nitrogen and oxygen atoms in total. The van der Waals surface area contributed by atoms with Gasteiger partial charge in [0.15, 0.2) is 0 Å². The van der Waals surface area contributed by atoms with Crippen molar-refractivity contribution < 1.29 is 9.53 Å². The monoisotopic (exact) mass is 186 g/mol. The number of ether oxygens (including phenoxy) is 1. The molecular formula is C9H18N2O2. The van der Waals surface area contributed by atoms with E-state index in [0.29, 0.717) is 18.9 Å². The third-order valence-electron chi connectivity index (χ3n) is 2.30. The first kappa shape index (κ1) is 10.5. The molecule has 76 valence electrons. The van der Waals surface area contributed by atoms with Crippen molar-refractivity contribution in [2.45, 2.75) is 19.3 Å². The number of hydrogen-bond acceptors (Lipinski definition) is 3. The van der Waals surface area contributed by atoms with E-state index < -0.39 is 0 Å². The van der Waals surface area contributed by atoms with Gasteiger partial charge in [0.1, 0.15) is 0 Å². The molecule has 0 aliphatic carbocycles. The smallest absolute Gasteiger partial charge is 0.218 e. The fraction of sp³-hybridized carbons (Fsp3) is 0.889. The highest BCUT2D eigenvalue weighted by Gasteiger charge is 2.14. The van der Waals surface area contributed by atoms with Gasteiger partial charge >= 0.3 is 0 Å². The lowest BCUT2D eigenvalue weighted by Gasteiger charge is -2.07. The maximum absolute atomic E-state index is 10.4. The first-order chi connectivity index (χ1) is 6.29. The van der Waals surface area contributed by atoms with Crippen molar-refractivity contribution in [2.24, 2.45) is 11.7 Å². The van der Waals surface area contributed by atoms with Crippen LogP contribution in [0.3, 0.4) is 0 Å². The minimum absolute atomic E-state index is 0.239. The van der Waals surface area contributed by atoms with Gasteiger partial charge in [-0.25, -0.2) is 0 Å². The minimum Gasteiger partial charge on any atom is -0.381 e. The van der Waals surface area contributed by atoms with E-state index in [1.165, 1.54) is 6.42 Å². The Morgan fingerprint density at radius 2 is 2.38 bits per heavy atom. The molecular weight excluding hydrogens is 168 g/mol. The zero-order valence-corrected chi connectivity index (χ0v) is 7.92. The molecule has 0 radical (unpaired) electrons. The van der Waals surface area contributed by atoms with Crippen LogP contribution in [0.25, 0.3) is 0 Å². The van der Waals surface area contributed by atoms with Crippen molar-refractivity contribution in [3.8, 4) is 0 Å². The van der Waals surface area contributed by atoms with E-state index in [0.717, 1.165) is 26.2 Å². The first-order valence-electron chi connectivity index (χ1n) is 4.86. The molecule has 13 heavy (non-hydrogen) atoms. The molecule has 0 bridgehead atoms. The van der Waals surface area contributed by atoms with Gasteiger partial charge in [0, 0.05) is 26.2 Å². The summed E-state index contributed by atoms with van der Waals surface area (Å²) in [6.07, 6.45) is 2.75. The van der Waals surface area contributed by atoms with E-state index in [2.05, 4.69) is 5.32 Å². The van der Waals surface area contributed by atoms with E-state index in [4.69, 9.17) is 10.5 Å². The quantitative estimate of drug-likeness (QED) is 0.568. The van der Waals surface area contributed by atoms with Crippen molar-refractivity contribution >= 4 is 5.91 Å². The number of carbonyl (C=O) groups is 1. The Kier molecular flexibility index (Phi) is 4.78. The van der Waals surface area contributed by atoms with E-state index >= 15 is 0 Å². The molecule has 1 heterocycles. The Morgan fingerprint density at radius 3 is 3.00 bits per heavy atom. The standard InChI is InChI=1S/C9H18N2O2/c10-9(12)2-5-11-4-1-8-3-6-13-7-8/h8,11H,1-7H2,(H2,10,12). The van der Waals surface area contributed by atoms with Gasteiger partial charge in [0.05, 0.1) is 0 Å². The van der Waals surface area contributed by atoms with Crippen molar-refractivity contribution in [2.75, 3.05) is 26.3 Å². The summed E-state index contributed by atoms with van der Waals surface area (Å²) in [5, 5.41) is 3.19. The molecule has 0 aromatic rings. The summed E-state index contributed by atoms with van der Waals surface area (Å²) < 4.78 is 5.25. The predicted molar refractivity (Wildman–Crippen MR) is 50.2 cm³/mol. The maximum atomic E-state index is 10.4. The lowest BCUT2D eigenvalue weighted by molar-refractivity contribution is -0.117. The summed E-state index contributed by atoms with van der Waals surface area (Å²) in [5.74, 6) is 0.470. The summed E-state index contributed by atoms with van der Waals surface area (Å²) in [6, 6.07) is 0. The molecule has 1 unspecified atom stereocenters. The molecule has 1 saturated heterocycles. The van der Waals surface area contributed by atoms with Crippen LogP contribution >= 0.6 is 0 Å². The SMILES string of the molecule is NC(=O)CCNCCC1CCOC1. The second-order valence-electron chi connectivity index (χ2n) is 3.48. The molecule has 1 atom stereocenters. The van der Waals surface area contributed by atoms with Crippen LogP contribution in [0.1, 0.15) is 19.3 Å². The van der Waals surface area contributed by atoms with Gasteiger partial charge in [-0.1, -0.05) is 0 Å². The fourth-order valence-electron chi connectivity index (χ4n) is 1.45. The van der Waals surface area contributed by atoms with Crippen LogP contribution in [0.5, 0.6) is 0 Å². The van der Waals surface area contributed by atoms with Crippen molar-refractivity contribution in [1.29, 1.82) is 0 Å². The first-order valence-corrected chi connectivity index (χ1v) is 4.86. The third kappa shape index (κ3) is 4.85. The largest absolute Gasteiger partial charge is 0.381 e. The number of hydrogen-bond donors (Lipinski definition) is 2. The molecule has 0 aromatic heterocycles. The summed E-state index contributed by atoms with van der Waals surface area (Å²) in [4.78, 5) is 10.4. The second kappa shape index (κ2) is 5.94. The van der Waals surface area contributed by atoms with Gasteiger partial charge in [0.25, 0.3) is 0 Å². The van der Waals surface area contributed by atoms with Gasteiger partial charge in [-0.2, -0.15) is 0 Å². The third-order valence-corrected chi connectivity index (χ3v) is 2.30. The Balaban J connectivity index is 1.86. The molecule has 0 aromatic carbocycles. The summed E-state index contributed by atoms with van der Waals surface area (Å²) in [6.45, 7) is 3.47. The highest BCUT2D eigenvalue weighted by molar-refractivity contribution is 5.73. The minimum atomic E-state index is -0.239. The Hall–Kier alpha value is -0.610.